The minimum absolute atomic E-state index is 0.102. The van der Waals surface area contributed by atoms with Gasteiger partial charge in [0.15, 0.2) is 5.82 Å². The van der Waals surface area contributed by atoms with Crippen molar-refractivity contribution in [2.75, 3.05) is 7.11 Å². The number of pyridine rings is 1. The molecule has 0 saturated carbocycles. The zero-order valence-corrected chi connectivity index (χ0v) is 10.9. The molecule has 3 aromatic rings. The Kier molecular flexibility index (Phi) is 3.30. The van der Waals surface area contributed by atoms with Crippen LogP contribution in [0.1, 0.15) is 11.7 Å². The SMILES string of the molecule is COCc1noc(Cn2c(=O)ccc3ccccc32)n1. The van der Waals surface area contributed by atoms with Crippen LogP contribution in [0.15, 0.2) is 45.7 Å². The van der Waals surface area contributed by atoms with Gasteiger partial charge >= 0.3 is 0 Å². The molecule has 0 N–H and O–H groups in total. The van der Waals surface area contributed by atoms with E-state index >= 15 is 0 Å². The van der Waals surface area contributed by atoms with Gasteiger partial charge in [-0.2, -0.15) is 4.98 Å². The monoisotopic (exact) mass is 271 g/mol. The minimum Gasteiger partial charge on any atom is -0.377 e. The van der Waals surface area contributed by atoms with Gasteiger partial charge < -0.3 is 9.26 Å². The summed E-state index contributed by atoms with van der Waals surface area (Å²) in [7, 11) is 1.56. The molecule has 2 heterocycles. The maximum absolute atomic E-state index is 12.0. The van der Waals surface area contributed by atoms with E-state index in [-0.39, 0.29) is 18.7 Å². The molecule has 0 fully saturated rings. The second kappa shape index (κ2) is 5.26. The summed E-state index contributed by atoms with van der Waals surface area (Å²) in [6, 6.07) is 11.0. The molecule has 2 aromatic heterocycles. The fourth-order valence-corrected chi connectivity index (χ4v) is 2.08. The molecule has 0 aliphatic heterocycles. The van der Waals surface area contributed by atoms with Crippen molar-refractivity contribution in [1.82, 2.24) is 14.7 Å². The first-order valence-corrected chi connectivity index (χ1v) is 6.17. The zero-order chi connectivity index (χ0) is 13.9. The maximum Gasteiger partial charge on any atom is 0.251 e. The van der Waals surface area contributed by atoms with Crippen molar-refractivity contribution in [2.24, 2.45) is 0 Å². The Morgan fingerprint density at radius 3 is 2.95 bits per heavy atom. The Morgan fingerprint density at radius 2 is 2.10 bits per heavy atom. The van der Waals surface area contributed by atoms with E-state index in [1.165, 1.54) is 6.07 Å². The molecule has 0 bridgehead atoms. The largest absolute Gasteiger partial charge is 0.377 e. The number of rotatable bonds is 4. The molecule has 0 aliphatic rings. The molecule has 0 spiro atoms. The summed E-state index contributed by atoms with van der Waals surface area (Å²) in [5.74, 6) is 0.853. The summed E-state index contributed by atoms with van der Waals surface area (Å²) in [6.45, 7) is 0.533. The summed E-state index contributed by atoms with van der Waals surface area (Å²) in [5.41, 5.74) is 0.738. The van der Waals surface area contributed by atoms with Crippen LogP contribution in [0.3, 0.4) is 0 Å². The first-order valence-electron chi connectivity index (χ1n) is 6.17. The molecule has 6 heteroatoms. The Hall–Kier alpha value is -2.47. The van der Waals surface area contributed by atoms with Crippen LogP contribution in [0.2, 0.25) is 0 Å². The summed E-state index contributed by atoms with van der Waals surface area (Å²) in [5, 5.41) is 4.77. The van der Waals surface area contributed by atoms with Gasteiger partial charge in [-0.15, -0.1) is 0 Å². The predicted molar refractivity (Wildman–Crippen MR) is 72.3 cm³/mol. The van der Waals surface area contributed by atoms with Crippen molar-refractivity contribution in [3.63, 3.8) is 0 Å². The molecule has 0 atom stereocenters. The minimum atomic E-state index is -0.102. The van der Waals surface area contributed by atoms with Crippen molar-refractivity contribution in [3.05, 3.63) is 58.5 Å². The van der Waals surface area contributed by atoms with Crippen LogP contribution >= 0.6 is 0 Å². The van der Waals surface area contributed by atoms with Gasteiger partial charge in [-0.25, -0.2) is 0 Å². The van der Waals surface area contributed by atoms with E-state index in [9.17, 15) is 4.79 Å². The number of fused-ring (bicyclic) bond motifs is 1. The summed E-state index contributed by atoms with van der Waals surface area (Å²) in [4.78, 5) is 16.2. The molecular weight excluding hydrogens is 258 g/mol. The zero-order valence-electron chi connectivity index (χ0n) is 10.9. The van der Waals surface area contributed by atoms with Gasteiger partial charge in [0.05, 0.1) is 5.52 Å². The third kappa shape index (κ3) is 2.33. The molecule has 0 radical (unpaired) electrons. The number of aromatic nitrogens is 3. The Balaban J connectivity index is 2.01. The van der Waals surface area contributed by atoms with Crippen molar-refractivity contribution in [1.29, 1.82) is 0 Å². The normalized spacial score (nSPS) is 11.1. The van der Waals surface area contributed by atoms with Crippen LogP contribution in [-0.4, -0.2) is 21.8 Å². The number of benzene rings is 1. The van der Waals surface area contributed by atoms with Crippen LogP contribution in [-0.2, 0) is 17.9 Å². The molecule has 6 nitrogen and oxygen atoms in total. The maximum atomic E-state index is 12.0. The van der Waals surface area contributed by atoms with E-state index in [4.69, 9.17) is 9.26 Å². The fourth-order valence-electron chi connectivity index (χ4n) is 2.08. The molecule has 0 aliphatic carbocycles. The van der Waals surface area contributed by atoms with Crippen LogP contribution in [0.4, 0.5) is 0 Å². The molecule has 0 amide bonds. The number of hydrogen-bond donors (Lipinski definition) is 0. The number of para-hydroxylation sites is 1. The number of nitrogens with zero attached hydrogens (tertiary/aromatic N) is 3. The van der Waals surface area contributed by atoms with E-state index in [0.717, 1.165) is 10.9 Å². The average Bonchev–Trinajstić information content (AvgIpc) is 2.90. The first kappa shape index (κ1) is 12.6. The molecule has 0 saturated heterocycles. The highest BCUT2D eigenvalue weighted by Gasteiger charge is 2.09. The van der Waals surface area contributed by atoms with Crippen LogP contribution < -0.4 is 5.56 Å². The van der Waals surface area contributed by atoms with E-state index in [1.54, 1.807) is 17.7 Å². The number of hydrogen-bond acceptors (Lipinski definition) is 5. The highest BCUT2D eigenvalue weighted by Crippen LogP contribution is 2.12. The van der Waals surface area contributed by atoms with Crippen molar-refractivity contribution >= 4 is 10.9 Å². The lowest BCUT2D eigenvalue weighted by Crippen LogP contribution is -2.20. The third-order valence-corrected chi connectivity index (χ3v) is 2.98. The van der Waals surface area contributed by atoms with Gasteiger partial charge in [-0.05, 0) is 17.5 Å². The highest BCUT2D eigenvalue weighted by molar-refractivity contribution is 5.78. The molecule has 3 rings (SSSR count). The molecule has 20 heavy (non-hydrogen) atoms. The van der Waals surface area contributed by atoms with E-state index in [2.05, 4.69) is 10.1 Å². The lowest BCUT2D eigenvalue weighted by Gasteiger charge is -2.06. The molecule has 102 valence electrons. The number of ether oxygens (including phenoxy) is 1. The standard InChI is InChI=1S/C14H13N3O3/c1-19-9-12-15-13(20-16-12)8-17-11-5-3-2-4-10(11)6-7-14(17)18/h2-7H,8-9H2,1H3. The Labute approximate surface area is 114 Å². The molecule has 0 unspecified atom stereocenters. The predicted octanol–water partition coefficient (Wildman–Crippen LogP) is 1.58. The summed E-state index contributed by atoms with van der Waals surface area (Å²) < 4.78 is 11.7. The van der Waals surface area contributed by atoms with Crippen LogP contribution in [0.25, 0.3) is 10.9 Å². The second-order valence-corrected chi connectivity index (χ2v) is 4.35. The molecule has 1 aromatic carbocycles. The van der Waals surface area contributed by atoms with Gasteiger partial charge in [-0.3, -0.25) is 9.36 Å². The van der Waals surface area contributed by atoms with E-state index in [0.29, 0.717) is 11.7 Å². The van der Waals surface area contributed by atoms with Gasteiger partial charge in [0.25, 0.3) is 5.56 Å². The number of methoxy groups -OCH3 is 1. The van der Waals surface area contributed by atoms with Crippen LogP contribution in [0.5, 0.6) is 0 Å². The van der Waals surface area contributed by atoms with Gasteiger partial charge in [0.1, 0.15) is 13.2 Å². The van der Waals surface area contributed by atoms with Crippen molar-refractivity contribution in [3.8, 4) is 0 Å². The van der Waals surface area contributed by atoms with E-state index < -0.39 is 0 Å². The first-order chi connectivity index (χ1) is 9.78. The second-order valence-electron chi connectivity index (χ2n) is 4.35. The third-order valence-electron chi connectivity index (χ3n) is 2.98. The highest BCUT2D eigenvalue weighted by atomic mass is 16.5. The van der Waals surface area contributed by atoms with Crippen molar-refractivity contribution in [2.45, 2.75) is 13.2 Å². The lowest BCUT2D eigenvalue weighted by atomic mass is 10.2. The smallest absolute Gasteiger partial charge is 0.251 e. The fraction of sp³-hybridized carbons (Fsp3) is 0.214. The Morgan fingerprint density at radius 1 is 1.25 bits per heavy atom. The summed E-state index contributed by atoms with van der Waals surface area (Å²) >= 11 is 0. The molecular formula is C14H13N3O3. The Bertz CT molecular complexity index is 791. The summed E-state index contributed by atoms with van der Waals surface area (Å²) in [6.07, 6.45) is 0. The topological polar surface area (TPSA) is 70.2 Å². The lowest BCUT2D eigenvalue weighted by molar-refractivity contribution is 0.174. The van der Waals surface area contributed by atoms with Gasteiger partial charge in [0, 0.05) is 13.2 Å². The quantitative estimate of drug-likeness (QED) is 0.720. The van der Waals surface area contributed by atoms with Crippen LogP contribution in [0, 0.1) is 0 Å². The average molecular weight is 271 g/mol. The van der Waals surface area contributed by atoms with Crippen molar-refractivity contribution < 1.29 is 9.26 Å². The van der Waals surface area contributed by atoms with Gasteiger partial charge in [-0.1, -0.05) is 23.4 Å². The van der Waals surface area contributed by atoms with E-state index in [1.807, 2.05) is 24.3 Å². The van der Waals surface area contributed by atoms with Gasteiger partial charge in [0.2, 0.25) is 5.89 Å².